The van der Waals surface area contributed by atoms with Crippen LogP contribution in [0.5, 0.6) is 0 Å². The van der Waals surface area contributed by atoms with E-state index in [-0.39, 0.29) is 5.41 Å². The van der Waals surface area contributed by atoms with Crippen LogP contribution in [0.1, 0.15) is 26.7 Å². The third-order valence-electron chi connectivity index (χ3n) is 3.23. The van der Waals surface area contributed by atoms with Crippen LogP contribution < -0.4 is 0 Å². The Bertz CT molecular complexity index is 190. The maximum absolute atomic E-state index is 11.0. The number of nitrogens with zero attached hydrogens (tertiary/aromatic N) is 1. The van der Waals surface area contributed by atoms with Gasteiger partial charge in [0.1, 0.15) is 6.29 Å². The molecule has 82 valence electrons. The number of carbonyl (C=O) groups excluding carboxylic acids is 1. The molecule has 1 heterocycles. The van der Waals surface area contributed by atoms with E-state index in [2.05, 4.69) is 18.9 Å². The van der Waals surface area contributed by atoms with E-state index in [0.717, 1.165) is 38.9 Å². The predicted octanol–water partition coefficient (Wildman–Crippen LogP) is 1.32. The van der Waals surface area contributed by atoms with Crippen molar-refractivity contribution in [3.8, 4) is 0 Å². The number of hydrogen-bond acceptors (Lipinski definition) is 3. The predicted molar refractivity (Wildman–Crippen MR) is 56.3 cm³/mol. The van der Waals surface area contributed by atoms with Crippen LogP contribution in [0.15, 0.2) is 0 Å². The lowest BCUT2D eigenvalue weighted by Crippen LogP contribution is -2.40. The Morgan fingerprint density at radius 1 is 1.64 bits per heavy atom. The van der Waals surface area contributed by atoms with Gasteiger partial charge in [0.15, 0.2) is 0 Å². The normalized spacial score (nSPS) is 26.4. The summed E-state index contributed by atoms with van der Waals surface area (Å²) in [5.41, 5.74) is -0.197. The summed E-state index contributed by atoms with van der Waals surface area (Å²) in [7, 11) is 2.08. The lowest BCUT2D eigenvalue weighted by Gasteiger charge is -2.31. The molecule has 0 amide bonds. The van der Waals surface area contributed by atoms with Crippen molar-refractivity contribution in [3.05, 3.63) is 0 Å². The van der Waals surface area contributed by atoms with Crippen LogP contribution in [0.4, 0.5) is 0 Å². The van der Waals surface area contributed by atoms with Gasteiger partial charge in [-0.1, -0.05) is 13.8 Å². The molecule has 0 aromatic carbocycles. The molecule has 2 unspecified atom stereocenters. The van der Waals surface area contributed by atoms with Crippen molar-refractivity contribution in [1.82, 2.24) is 4.90 Å². The second kappa shape index (κ2) is 4.89. The van der Waals surface area contributed by atoms with E-state index in [9.17, 15) is 4.79 Å². The zero-order valence-corrected chi connectivity index (χ0v) is 9.45. The molecule has 1 aliphatic rings. The van der Waals surface area contributed by atoms with Crippen LogP contribution in [-0.2, 0) is 9.53 Å². The SMILES string of the molecule is CCC(C)(C=O)CN(C)C1CCOC1. The monoisotopic (exact) mass is 199 g/mol. The van der Waals surface area contributed by atoms with Crippen LogP contribution >= 0.6 is 0 Å². The van der Waals surface area contributed by atoms with Gasteiger partial charge in [-0.15, -0.1) is 0 Å². The molecule has 0 saturated carbocycles. The number of likely N-dealkylation sites (N-methyl/N-ethyl adjacent to an activating group) is 1. The van der Waals surface area contributed by atoms with Gasteiger partial charge >= 0.3 is 0 Å². The minimum atomic E-state index is -0.197. The second-order valence-corrected chi connectivity index (χ2v) is 4.56. The molecule has 14 heavy (non-hydrogen) atoms. The molecule has 0 spiro atoms. The molecule has 1 saturated heterocycles. The van der Waals surface area contributed by atoms with Crippen molar-refractivity contribution in [2.24, 2.45) is 5.41 Å². The number of aldehydes is 1. The standard InChI is InChI=1S/C11H21NO2/c1-4-11(2,9-13)8-12(3)10-5-6-14-7-10/h9-10H,4-8H2,1-3H3. The lowest BCUT2D eigenvalue weighted by molar-refractivity contribution is -0.116. The van der Waals surface area contributed by atoms with Crippen molar-refractivity contribution in [2.75, 3.05) is 26.8 Å². The molecular formula is C11H21NO2. The van der Waals surface area contributed by atoms with E-state index in [1.807, 2.05) is 6.92 Å². The number of hydrogen-bond donors (Lipinski definition) is 0. The first-order chi connectivity index (χ1) is 6.61. The molecule has 0 aliphatic carbocycles. The van der Waals surface area contributed by atoms with Crippen LogP contribution in [0.2, 0.25) is 0 Å². The van der Waals surface area contributed by atoms with E-state index >= 15 is 0 Å². The molecule has 1 rings (SSSR count). The van der Waals surface area contributed by atoms with E-state index in [1.165, 1.54) is 0 Å². The highest BCUT2D eigenvalue weighted by Crippen LogP contribution is 2.21. The molecule has 0 radical (unpaired) electrons. The van der Waals surface area contributed by atoms with Crippen molar-refractivity contribution < 1.29 is 9.53 Å². The summed E-state index contributed by atoms with van der Waals surface area (Å²) in [5.74, 6) is 0. The van der Waals surface area contributed by atoms with Crippen molar-refractivity contribution in [2.45, 2.75) is 32.7 Å². The first-order valence-electron chi connectivity index (χ1n) is 5.35. The van der Waals surface area contributed by atoms with Gasteiger partial charge in [-0.3, -0.25) is 0 Å². The van der Waals surface area contributed by atoms with Crippen molar-refractivity contribution in [1.29, 1.82) is 0 Å². The quantitative estimate of drug-likeness (QED) is 0.625. The Hall–Kier alpha value is -0.410. The maximum Gasteiger partial charge on any atom is 0.127 e. The minimum Gasteiger partial charge on any atom is -0.380 e. The molecule has 0 N–H and O–H groups in total. The Kier molecular flexibility index (Phi) is 4.08. The fraction of sp³-hybridized carbons (Fsp3) is 0.909. The first-order valence-corrected chi connectivity index (χ1v) is 5.35. The summed E-state index contributed by atoms with van der Waals surface area (Å²) in [6, 6.07) is 0.501. The smallest absolute Gasteiger partial charge is 0.127 e. The highest BCUT2D eigenvalue weighted by atomic mass is 16.5. The van der Waals surface area contributed by atoms with Gasteiger partial charge in [0.05, 0.1) is 6.61 Å². The third kappa shape index (κ3) is 2.79. The largest absolute Gasteiger partial charge is 0.380 e. The van der Waals surface area contributed by atoms with Crippen LogP contribution in [0, 0.1) is 5.41 Å². The fourth-order valence-electron chi connectivity index (χ4n) is 1.80. The Balaban J connectivity index is 2.45. The van der Waals surface area contributed by atoms with Gasteiger partial charge in [0, 0.05) is 24.6 Å². The van der Waals surface area contributed by atoms with Crippen LogP contribution in [-0.4, -0.2) is 44.0 Å². The molecule has 2 atom stereocenters. The van der Waals surface area contributed by atoms with Crippen LogP contribution in [0.3, 0.4) is 0 Å². The molecule has 3 heteroatoms. The zero-order chi connectivity index (χ0) is 10.6. The second-order valence-electron chi connectivity index (χ2n) is 4.56. The lowest BCUT2D eigenvalue weighted by atomic mass is 9.88. The average molecular weight is 199 g/mol. The van der Waals surface area contributed by atoms with E-state index < -0.39 is 0 Å². The highest BCUT2D eigenvalue weighted by molar-refractivity contribution is 5.58. The molecule has 3 nitrogen and oxygen atoms in total. The van der Waals surface area contributed by atoms with Crippen LogP contribution in [0.25, 0.3) is 0 Å². The van der Waals surface area contributed by atoms with E-state index in [4.69, 9.17) is 4.74 Å². The van der Waals surface area contributed by atoms with Crippen molar-refractivity contribution in [3.63, 3.8) is 0 Å². The minimum absolute atomic E-state index is 0.197. The summed E-state index contributed by atoms with van der Waals surface area (Å²) in [6.07, 6.45) is 3.07. The summed E-state index contributed by atoms with van der Waals surface area (Å²) in [6.45, 7) is 6.59. The molecule has 1 fully saturated rings. The number of ether oxygens (including phenoxy) is 1. The number of rotatable bonds is 5. The average Bonchev–Trinajstić information content (AvgIpc) is 2.70. The summed E-state index contributed by atoms with van der Waals surface area (Å²) in [5, 5.41) is 0. The van der Waals surface area contributed by atoms with Gasteiger partial charge in [-0.05, 0) is 19.9 Å². The third-order valence-corrected chi connectivity index (χ3v) is 3.23. The molecule has 0 bridgehead atoms. The Morgan fingerprint density at radius 3 is 2.79 bits per heavy atom. The Morgan fingerprint density at radius 2 is 2.36 bits per heavy atom. The van der Waals surface area contributed by atoms with Crippen molar-refractivity contribution >= 4 is 6.29 Å². The van der Waals surface area contributed by atoms with Gasteiger partial charge in [-0.2, -0.15) is 0 Å². The zero-order valence-electron chi connectivity index (χ0n) is 9.45. The van der Waals surface area contributed by atoms with E-state index in [0.29, 0.717) is 6.04 Å². The summed E-state index contributed by atoms with van der Waals surface area (Å²) in [4.78, 5) is 13.2. The summed E-state index contributed by atoms with van der Waals surface area (Å²) >= 11 is 0. The van der Waals surface area contributed by atoms with Gasteiger partial charge in [0.2, 0.25) is 0 Å². The molecule has 0 aromatic heterocycles. The van der Waals surface area contributed by atoms with E-state index in [1.54, 1.807) is 0 Å². The molecular weight excluding hydrogens is 178 g/mol. The topological polar surface area (TPSA) is 29.5 Å². The first kappa shape index (κ1) is 11.7. The maximum atomic E-state index is 11.0. The fourth-order valence-corrected chi connectivity index (χ4v) is 1.80. The van der Waals surface area contributed by atoms with Gasteiger partial charge in [0.25, 0.3) is 0 Å². The Labute approximate surface area is 86.4 Å². The molecule has 0 aromatic rings. The highest BCUT2D eigenvalue weighted by Gasteiger charge is 2.28. The summed E-state index contributed by atoms with van der Waals surface area (Å²) < 4.78 is 5.33. The number of carbonyl (C=O) groups is 1. The molecule has 1 aliphatic heterocycles. The van der Waals surface area contributed by atoms with Gasteiger partial charge in [-0.25, -0.2) is 0 Å². The van der Waals surface area contributed by atoms with Gasteiger partial charge < -0.3 is 14.4 Å².